The van der Waals surface area contributed by atoms with Gasteiger partial charge in [0, 0.05) is 18.7 Å². The van der Waals surface area contributed by atoms with Gasteiger partial charge in [-0.2, -0.15) is 5.10 Å². The number of hydrogen-bond acceptors (Lipinski definition) is 3. The number of nitrogens with zero attached hydrogens (tertiary/aromatic N) is 2. The summed E-state index contributed by atoms with van der Waals surface area (Å²) < 4.78 is 13.0. The number of likely N-dealkylation sites (tertiary alicyclic amines) is 1. The molecule has 2 atom stereocenters. The Kier molecular flexibility index (Phi) is 3.59. The summed E-state index contributed by atoms with van der Waals surface area (Å²) in [6.45, 7) is 0.715. The smallest absolute Gasteiger partial charge is 0.311 e. The molecule has 25 heavy (non-hydrogen) atoms. The number of fused-ring (bicyclic) bond motifs is 1. The summed E-state index contributed by atoms with van der Waals surface area (Å²) in [5.74, 6) is -1.36. The maximum absolute atomic E-state index is 13.0. The highest BCUT2D eigenvalue weighted by molar-refractivity contribution is 5.94. The molecule has 1 aromatic heterocycles. The van der Waals surface area contributed by atoms with Crippen LogP contribution in [0.1, 0.15) is 29.8 Å². The van der Waals surface area contributed by atoms with Crippen LogP contribution in [0.2, 0.25) is 0 Å². The molecule has 0 bridgehead atoms. The van der Waals surface area contributed by atoms with Gasteiger partial charge in [-0.05, 0) is 49.1 Å². The lowest BCUT2D eigenvalue weighted by Crippen LogP contribution is -2.37. The molecule has 7 heteroatoms. The first-order valence-electron chi connectivity index (χ1n) is 8.34. The summed E-state index contributed by atoms with van der Waals surface area (Å²) in [7, 11) is 0. The second-order valence-electron chi connectivity index (χ2n) is 6.91. The number of benzene rings is 1. The van der Waals surface area contributed by atoms with Crippen LogP contribution >= 0.6 is 0 Å². The zero-order chi connectivity index (χ0) is 17.6. The SMILES string of the molecule is O=C(c1cc(-c2ccc(F)cc2)n[nH]1)N1C[C@@H]2CCC[C@@]2(C(=O)O)C1. The van der Waals surface area contributed by atoms with Crippen molar-refractivity contribution in [2.75, 3.05) is 13.1 Å². The number of halogens is 1. The Bertz CT molecular complexity index is 832. The molecule has 1 aliphatic heterocycles. The molecule has 2 aromatic rings. The third-order valence-electron chi connectivity index (χ3n) is 5.53. The molecule has 130 valence electrons. The van der Waals surface area contributed by atoms with Gasteiger partial charge in [-0.15, -0.1) is 0 Å². The predicted octanol–water partition coefficient (Wildman–Crippen LogP) is 2.54. The molecular weight excluding hydrogens is 325 g/mol. The topological polar surface area (TPSA) is 86.3 Å². The Labute approximate surface area is 143 Å². The predicted molar refractivity (Wildman–Crippen MR) is 87.3 cm³/mol. The number of nitrogens with one attached hydrogen (secondary N) is 1. The molecule has 2 heterocycles. The van der Waals surface area contributed by atoms with E-state index in [9.17, 15) is 19.1 Å². The van der Waals surface area contributed by atoms with E-state index >= 15 is 0 Å². The highest BCUT2D eigenvalue weighted by Crippen LogP contribution is 2.49. The van der Waals surface area contributed by atoms with E-state index in [1.807, 2.05) is 0 Å². The van der Waals surface area contributed by atoms with Crippen LogP contribution in [0.25, 0.3) is 11.3 Å². The van der Waals surface area contributed by atoms with Crippen molar-refractivity contribution in [1.82, 2.24) is 15.1 Å². The summed E-state index contributed by atoms with van der Waals surface area (Å²) in [5.41, 5.74) is 0.780. The number of aromatic amines is 1. The van der Waals surface area contributed by atoms with Crippen molar-refractivity contribution in [3.8, 4) is 11.3 Å². The number of rotatable bonds is 3. The molecule has 1 saturated carbocycles. The molecule has 1 aromatic carbocycles. The lowest BCUT2D eigenvalue weighted by molar-refractivity contribution is -0.149. The van der Waals surface area contributed by atoms with Gasteiger partial charge < -0.3 is 10.0 Å². The first kappa shape index (κ1) is 15.8. The van der Waals surface area contributed by atoms with E-state index in [0.717, 1.165) is 12.8 Å². The molecular formula is C18H18FN3O3. The normalized spacial score (nSPS) is 25.2. The molecule has 6 nitrogen and oxygen atoms in total. The number of amides is 1. The van der Waals surface area contributed by atoms with Crippen LogP contribution in [0.5, 0.6) is 0 Å². The summed E-state index contributed by atoms with van der Waals surface area (Å²) in [6, 6.07) is 7.49. The highest BCUT2D eigenvalue weighted by atomic mass is 19.1. The van der Waals surface area contributed by atoms with Crippen LogP contribution in [0.4, 0.5) is 4.39 Å². The number of hydrogen-bond donors (Lipinski definition) is 2. The highest BCUT2D eigenvalue weighted by Gasteiger charge is 2.55. The van der Waals surface area contributed by atoms with E-state index < -0.39 is 11.4 Å². The van der Waals surface area contributed by atoms with Gasteiger partial charge in [0.15, 0.2) is 0 Å². The molecule has 0 spiro atoms. The monoisotopic (exact) mass is 343 g/mol. The minimum absolute atomic E-state index is 0.0217. The Balaban J connectivity index is 1.55. The number of aliphatic carboxylic acids is 1. The maximum Gasteiger partial charge on any atom is 0.311 e. The molecule has 1 amide bonds. The van der Waals surface area contributed by atoms with Gasteiger partial charge in [0.25, 0.3) is 5.91 Å². The van der Waals surface area contributed by atoms with Crippen LogP contribution in [-0.4, -0.2) is 45.2 Å². The Morgan fingerprint density at radius 3 is 2.76 bits per heavy atom. The molecule has 1 saturated heterocycles. The fraction of sp³-hybridized carbons (Fsp3) is 0.389. The summed E-state index contributed by atoms with van der Waals surface area (Å²) in [4.78, 5) is 26.1. The van der Waals surface area contributed by atoms with Gasteiger partial charge in [-0.25, -0.2) is 4.39 Å². The Morgan fingerprint density at radius 1 is 1.32 bits per heavy atom. The van der Waals surface area contributed by atoms with Gasteiger partial charge in [0.1, 0.15) is 11.5 Å². The second-order valence-corrected chi connectivity index (χ2v) is 6.91. The number of carboxylic acid groups (broad SMARTS) is 1. The molecule has 0 unspecified atom stereocenters. The van der Waals surface area contributed by atoms with Gasteiger partial charge in [-0.1, -0.05) is 6.42 Å². The van der Waals surface area contributed by atoms with E-state index in [1.54, 1.807) is 23.1 Å². The van der Waals surface area contributed by atoms with Crippen LogP contribution in [-0.2, 0) is 4.79 Å². The van der Waals surface area contributed by atoms with Crippen molar-refractivity contribution in [3.05, 3.63) is 41.8 Å². The first-order valence-corrected chi connectivity index (χ1v) is 8.34. The molecule has 2 fully saturated rings. The number of carbonyl (C=O) groups is 2. The van der Waals surface area contributed by atoms with Gasteiger partial charge in [-0.3, -0.25) is 14.7 Å². The van der Waals surface area contributed by atoms with Crippen molar-refractivity contribution >= 4 is 11.9 Å². The van der Waals surface area contributed by atoms with Crippen molar-refractivity contribution in [1.29, 1.82) is 0 Å². The van der Waals surface area contributed by atoms with Gasteiger partial charge in [0.2, 0.25) is 0 Å². The molecule has 2 aliphatic rings. The fourth-order valence-electron chi connectivity index (χ4n) is 4.16. The Hall–Kier alpha value is -2.70. The van der Waals surface area contributed by atoms with Crippen molar-refractivity contribution in [2.24, 2.45) is 11.3 Å². The molecule has 1 aliphatic carbocycles. The number of carboxylic acids is 1. The Morgan fingerprint density at radius 2 is 2.08 bits per heavy atom. The minimum atomic E-state index is -0.804. The van der Waals surface area contributed by atoms with Crippen molar-refractivity contribution < 1.29 is 19.1 Å². The van der Waals surface area contributed by atoms with Gasteiger partial charge >= 0.3 is 5.97 Å². The second kappa shape index (κ2) is 5.68. The largest absolute Gasteiger partial charge is 0.481 e. The van der Waals surface area contributed by atoms with Gasteiger partial charge in [0.05, 0.1) is 11.1 Å². The van der Waals surface area contributed by atoms with E-state index in [1.165, 1.54) is 12.1 Å². The summed E-state index contributed by atoms with van der Waals surface area (Å²) in [6.07, 6.45) is 2.37. The zero-order valence-electron chi connectivity index (χ0n) is 13.5. The standard InChI is InChI=1S/C18H18FN3O3/c19-13-5-3-11(4-6-13)14-8-15(21-20-14)16(23)22-9-12-2-1-7-18(12,10-22)17(24)25/h3-6,8,12H,1-2,7,9-10H2,(H,20,21)(H,24,25)/t12-,18+/m0/s1. The number of carbonyl (C=O) groups excluding carboxylic acids is 1. The van der Waals surface area contributed by atoms with Crippen molar-refractivity contribution in [2.45, 2.75) is 19.3 Å². The average molecular weight is 343 g/mol. The number of H-pyrrole nitrogens is 1. The molecule has 2 N–H and O–H groups in total. The number of aromatic nitrogens is 2. The first-order chi connectivity index (χ1) is 12.0. The molecule has 0 radical (unpaired) electrons. The van der Waals surface area contributed by atoms with E-state index in [4.69, 9.17) is 0 Å². The van der Waals surface area contributed by atoms with Crippen molar-refractivity contribution in [3.63, 3.8) is 0 Å². The lowest BCUT2D eigenvalue weighted by atomic mass is 9.81. The van der Waals surface area contributed by atoms with E-state index in [0.29, 0.717) is 29.9 Å². The van der Waals surface area contributed by atoms with Crippen LogP contribution in [0.3, 0.4) is 0 Å². The quantitative estimate of drug-likeness (QED) is 0.897. The fourth-order valence-corrected chi connectivity index (χ4v) is 4.16. The lowest BCUT2D eigenvalue weighted by Gasteiger charge is -2.23. The van der Waals surface area contributed by atoms with E-state index in [-0.39, 0.29) is 24.2 Å². The van der Waals surface area contributed by atoms with Crippen LogP contribution < -0.4 is 0 Å². The third kappa shape index (κ3) is 2.50. The average Bonchev–Trinajstić information content (AvgIpc) is 3.29. The summed E-state index contributed by atoms with van der Waals surface area (Å²) in [5, 5.41) is 16.5. The van der Waals surface area contributed by atoms with Crippen LogP contribution in [0.15, 0.2) is 30.3 Å². The maximum atomic E-state index is 13.0. The van der Waals surface area contributed by atoms with Crippen LogP contribution in [0, 0.1) is 17.2 Å². The third-order valence-corrected chi connectivity index (χ3v) is 5.53. The van der Waals surface area contributed by atoms with E-state index in [2.05, 4.69) is 10.2 Å². The minimum Gasteiger partial charge on any atom is -0.481 e. The zero-order valence-corrected chi connectivity index (χ0v) is 13.5. The molecule has 4 rings (SSSR count). The summed E-state index contributed by atoms with van der Waals surface area (Å²) >= 11 is 0.